The Bertz CT molecular complexity index is 1550. The Balaban J connectivity index is 0.00000409. The molecule has 0 spiro atoms. The van der Waals surface area contributed by atoms with Crippen LogP contribution in [-0.2, 0) is 33.8 Å². The van der Waals surface area contributed by atoms with Crippen LogP contribution in [0.4, 0.5) is 10.4 Å². The highest BCUT2D eigenvalue weighted by atomic mass is 35.5. The quantitative estimate of drug-likeness (QED) is 0.243. The van der Waals surface area contributed by atoms with Gasteiger partial charge in [0.25, 0.3) is 7.36 Å². The van der Waals surface area contributed by atoms with Gasteiger partial charge in [-0.1, -0.05) is 67.6 Å². The third-order valence-corrected chi connectivity index (χ3v) is 8.48. The molecule has 1 fully saturated rings. The molecule has 0 radical (unpaired) electrons. The van der Waals surface area contributed by atoms with Gasteiger partial charge in [0.15, 0.2) is 0 Å². The predicted octanol–water partition coefficient (Wildman–Crippen LogP) is 3.82. The molecule has 47 heavy (non-hydrogen) atoms. The largest absolute Gasteiger partial charge is 0.367 e. The van der Waals surface area contributed by atoms with Crippen LogP contribution in [0.1, 0.15) is 45.7 Å². The molecule has 0 aromatic heterocycles. The van der Waals surface area contributed by atoms with Crippen molar-refractivity contribution >= 4 is 40.9 Å². The number of amides is 4. The van der Waals surface area contributed by atoms with Gasteiger partial charge in [-0.2, -0.15) is 0 Å². The van der Waals surface area contributed by atoms with Gasteiger partial charge in [0.05, 0.1) is 11.6 Å². The Morgan fingerprint density at radius 3 is 2.28 bits per heavy atom. The molecule has 2 aliphatic heterocycles. The maximum Gasteiger partial charge on any atom is 0.269 e. The molecule has 258 valence electrons. The molecule has 2 aliphatic rings. The molecular weight excluding hydrogens is 623 g/mol. The molecule has 3 aromatic carbocycles. The fraction of sp³-hybridized carbons (Fsp3) is 0.371. The number of benzene rings is 3. The van der Waals surface area contributed by atoms with Crippen molar-refractivity contribution in [3.8, 4) is 0 Å². The number of carbonyl (C=O) groups excluding carboxylic acids is 4. The van der Waals surface area contributed by atoms with E-state index in [2.05, 4.69) is 33.7 Å². The van der Waals surface area contributed by atoms with Crippen LogP contribution in [0, 0.1) is 0 Å². The topological polar surface area (TPSA) is 123 Å². The highest BCUT2D eigenvalue weighted by molar-refractivity contribution is 6.30. The molecule has 4 N–H and O–H groups in total. The maximum absolute atomic E-state index is 14.0. The van der Waals surface area contributed by atoms with Crippen molar-refractivity contribution in [3.63, 3.8) is 0 Å². The molecule has 2 atom stereocenters. The summed E-state index contributed by atoms with van der Waals surface area (Å²) in [5.41, 5.74) is 4.54. The standard InChI is InChI=1S/C34H39ClN6O4.CH4.FH.3H2/c1-23(42)36-14-15-37-32(43)28-8-4-5-9-31(28)40-16-18-41(19-17-40)34(45)30(20-24-10-12-27(35)13-11-24)39-33(44)29-21-25-6-2-3-7-26(25)22-38-29;;;;;/h2-13,29-30,38H,14-22H2,1H3,(H,36,42)(H,37,43)(H,39,44);1H4;4*1H/t29-,30+;;;;;/m0...../s1/i/hT. The SMILES string of the molecule is C.CC(=O)NCCNC(=O)c1ccccc1N1CCN(C(=O)[C@@H](Cc2ccc(Cl)cc2)NC(=O)[C@@H]2Cc3ccccc3CN2)CC1.[3H]F.[HH].[HH].[HH]. The number of hydrogen-bond donors (Lipinski definition) is 4. The lowest BCUT2D eigenvalue weighted by Crippen LogP contribution is -2.58. The van der Waals surface area contributed by atoms with E-state index in [0.29, 0.717) is 69.2 Å². The first-order valence-corrected chi connectivity index (χ1v) is 15.7. The molecule has 10 nitrogen and oxygen atoms in total. The minimum absolute atomic E-state index is 0. The number of carbonyl (C=O) groups is 4. The van der Waals surface area contributed by atoms with Gasteiger partial charge in [0.1, 0.15) is 6.04 Å². The number of piperazine rings is 1. The number of halogens is 2. The van der Waals surface area contributed by atoms with Crippen molar-refractivity contribution in [2.45, 2.75) is 45.8 Å². The van der Waals surface area contributed by atoms with Crippen LogP contribution in [-0.4, -0.2) is 81.3 Å². The monoisotopic (exact) mass is 674 g/mol. The summed E-state index contributed by atoms with van der Waals surface area (Å²) in [7, 11) is 0. The first kappa shape index (κ1) is 35.4. The van der Waals surface area contributed by atoms with E-state index in [1.165, 1.54) is 12.5 Å². The minimum Gasteiger partial charge on any atom is -0.367 e. The molecule has 3 aromatic rings. The number of nitrogens with zero attached hydrogens (tertiary/aromatic N) is 2. The smallest absolute Gasteiger partial charge is 0.269 e. The normalized spacial score (nSPS) is 16.1. The van der Waals surface area contributed by atoms with Gasteiger partial charge in [-0.05, 0) is 47.4 Å². The van der Waals surface area contributed by atoms with Crippen molar-refractivity contribution in [2.75, 3.05) is 44.2 Å². The first-order valence-electron chi connectivity index (χ1n) is 15.7. The molecule has 0 saturated carbocycles. The molecule has 1 saturated heterocycles. The van der Waals surface area contributed by atoms with Crippen molar-refractivity contribution < 1.29 is 28.2 Å². The summed E-state index contributed by atoms with van der Waals surface area (Å²) in [5.74, 6) is -0.713. The number of rotatable bonds is 10. The second kappa shape index (κ2) is 17.4. The van der Waals surface area contributed by atoms with Crippen LogP contribution in [0.15, 0.2) is 72.8 Å². The van der Waals surface area contributed by atoms with Crippen molar-refractivity contribution in [3.05, 3.63) is 100 Å². The molecule has 4 amide bonds. The third-order valence-electron chi connectivity index (χ3n) is 8.23. The highest BCUT2D eigenvalue weighted by Crippen LogP contribution is 2.23. The minimum atomic E-state index is -0.745. The fourth-order valence-electron chi connectivity index (χ4n) is 5.81. The fourth-order valence-corrected chi connectivity index (χ4v) is 5.93. The lowest BCUT2D eigenvalue weighted by Gasteiger charge is -2.38. The summed E-state index contributed by atoms with van der Waals surface area (Å²) in [6.45, 7) is 4.65. The molecule has 12 heteroatoms. The average Bonchev–Trinajstić information content (AvgIpc) is 3.11. The van der Waals surface area contributed by atoms with Crippen LogP contribution in [0.5, 0.6) is 0 Å². The molecule has 2 heterocycles. The summed E-state index contributed by atoms with van der Waals surface area (Å²) in [4.78, 5) is 55.4. The van der Waals surface area contributed by atoms with E-state index in [1.54, 1.807) is 23.1 Å². The number of anilines is 1. The van der Waals surface area contributed by atoms with Crippen molar-refractivity contribution in [1.82, 2.24) is 26.2 Å². The molecule has 0 aliphatic carbocycles. The van der Waals surface area contributed by atoms with Crippen LogP contribution in [0.3, 0.4) is 0 Å². The Labute approximate surface area is 286 Å². The van der Waals surface area contributed by atoms with Gasteiger partial charge in [0, 0.05) is 74.1 Å². The van der Waals surface area contributed by atoms with Crippen LogP contribution in [0.2, 0.25) is 5.02 Å². The first-order chi connectivity index (χ1) is 22.8. The lowest BCUT2D eigenvalue weighted by molar-refractivity contribution is -0.137. The zero-order valence-corrected chi connectivity index (χ0v) is 26.5. The number of hydrogen-bond acceptors (Lipinski definition) is 6. The second-order valence-electron chi connectivity index (χ2n) is 11.4. The maximum atomic E-state index is 14.0. The zero-order valence-electron chi connectivity index (χ0n) is 26.7. The Morgan fingerprint density at radius 1 is 0.936 bits per heavy atom. The van der Waals surface area contributed by atoms with Gasteiger partial charge in [0.2, 0.25) is 17.7 Å². The van der Waals surface area contributed by atoms with E-state index in [9.17, 15) is 19.2 Å². The van der Waals surface area contributed by atoms with Crippen LogP contribution in [0.25, 0.3) is 0 Å². The molecular formula is C35H50ClFN6O4. The van der Waals surface area contributed by atoms with E-state index in [1.807, 2.05) is 48.5 Å². The van der Waals surface area contributed by atoms with E-state index in [4.69, 9.17) is 16.3 Å². The summed E-state index contributed by atoms with van der Waals surface area (Å²) >= 11 is 6.10. The van der Waals surface area contributed by atoms with E-state index in [0.717, 1.165) is 16.8 Å². The van der Waals surface area contributed by atoms with Crippen LogP contribution >= 0.6 is 11.6 Å². The van der Waals surface area contributed by atoms with E-state index < -0.39 is 12.1 Å². The van der Waals surface area contributed by atoms with Crippen molar-refractivity contribution in [2.24, 2.45) is 0 Å². The highest BCUT2D eigenvalue weighted by Gasteiger charge is 2.32. The lowest BCUT2D eigenvalue weighted by atomic mass is 9.95. The molecule has 5 rings (SSSR count). The number of fused-ring (bicyclic) bond motifs is 1. The molecule has 0 unspecified atom stereocenters. The van der Waals surface area contributed by atoms with Crippen LogP contribution < -0.4 is 26.2 Å². The van der Waals surface area contributed by atoms with Gasteiger partial charge in [-0.3, -0.25) is 23.9 Å². The average molecular weight is 675 g/mol. The van der Waals surface area contributed by atoms with E-state index in [-0.39, 0.29) is 35.3 Å². The van der Waals surface area contributed by atoms with Gasteiger partial charge in [-0.25, -0.2) is 0 Å². The number of para-hydroxylation sites is 1. The van der Waals surface area contributed by atoms with Crippen molar-refractivity contribution in [1.29, 1.82) is 1.45 Å². The Kier molecular flexibility index (Phi) is 13.1. The number of nitrogens with one attached hydrogen (secondary N) is 4. The second-order valence-corrected chi connectivity index (χ2v) is 11.8. The zero-order chi connectivity index (χ0) is 33.8. The van der Waals surface area contributed by atoms with Gasteiger partial charge in [-0.15, -0.1) is 0 Å². The van der Waals surface area contributed by atoms with Gasteiger partial charge < -0.3 is 31.1 Å². The predicted molar refractivity (Wildman–Crippen MR) is 190 cm³/mol. The Hall–Kier alpha value is -4.48. The summed E-state index contributed by atoms with van der Waals surface area (Å²) in [6, 6.07) is 21.6. The molecule has 0 bridgehead atoms. The third kappa shape index (κ3) is 9.76. The summed E-state index contributed by atoms with van der Waals surface area (Å²) < 4.78 is 13.0. The van der Waals surface area contributed by atoms with Gasteiger partial charge >= 0.3 is 0 Å². The summed E-state index contributed by atoms with van der Waals surface area (Å²) in [5, 5.41) is 12.5. The van der Waals surface area contributed by atoms with E-state index >= 15 is 0 Å². The summed E-state index contributed by atoms with van der Waals surface area (Å²) in [6.07, 6.45) is 0.898. The Morgan fingerprint density at radius 2 is 1.57 bits per heavy atom.